The highest BCUT2D eigenvalue weighted by atomic mass is 16.2. The quantitative estimate of drug-likeness (QED) is 0.784. The first-order valence-electron chi connectivity index (χ1n) is 9.88. The van der Waals surface area contributed by atoms with Crippen molar-refractivity contribution in [3.63, 3.8) is 0 Å². The van der Waals surface area contributed by atoms with Gasteiger partial charge in [-0.1, -0.05) is 24.3 Å². The first kappa shape index (κ1) is 19.0. The van der Waals surface area contributed by atoms with Gasteiger partial charge in [0.25, 0.3) is 0 Å². The molecule has 4 rings (SSSR count). The third-order valence-corrected chi connectivity index (χ3v) is 5.57. The number of nitrogens with one attached hydrogen (secondary N) is 2. The number of tetrazole rings is 1. The summed E-state index contributed by atoms with van der Waals surface area (Å²) in [5.74, 6) is -0.0859. The topological polar surface area (TPSA) is 91.2 Å². The lowest BCUT2D eigenvalue weighted by Crippen LogP contribution is -2.44. The Labute approximate surface area is 165 Å². The van der Waals surface area contributed by atoms with Gasteiger partial charge in [-0.3, -0.25) is 10.2 Å². The van der Waals surface area contributed by atoms with Gasteiger partial charge in [0.15, 0.2) is 0 Å². The molecule has 9 nitrogen and oxygen atoms in total. The maximum absolute atomic E-state index is 13.5. The molecule has 2 aliphatic heterocycles. The summed E-state index contributed by atoms with van der Waals surface area (Å²) in [6.45, 7) is 2.27. The molecule has 1 amide bonds. The largest absolute Gasteiger partial charge is 0.335 e. The highest BCUT2D eigenvalue weighted by Crippen LogP contribution is 2.34. The van der Waals surface area contributed by atoms with Crippen molar-refractivity contribution in [1.29, 1.82) is 0 Å². The van der Waals surface area contributed by atoms with Gasteiger partial charge in [-0.2, -0.15) is 0 Å². The number of amides is 1. The van der Waals surface area contributed by atoms with Crippen LogP contribution < -0.4 is 10.9 Å². The number of benzene rings is 1. The maximum atomic E-state index is 13.5. The van der Waals surface area contributed by atoms with Crippen molar-refractivity contribution < 1.29 is 4.79 Å². The summed E-state index contributed by atoms with van der Waals surface area (Å²) in [6.07, 6.45) is 4.46. The molecule has 2 N–H and O–H groups in total. The van der Waals surface area contributed by atoms with E-state index in [1.54, 1.807) is 11.0 Å². The van der Waals surface area contributed by atoms with Gasteiger partial charge in [-0.15, -0.1) is 5.10 Å². The van der Waals surface area contributed by atoms with Crippen molar-refractivity contribution in [2.45, 2.75) is 38.0 Å². The van der Waals surface area contributed by atoms with Gasteiger partial charge in [0.2, 0.25) is 5.91 Å². The van der Waals surface area contributed by atoms with E-state index in [0.717, 1.165) is 32.4 Å². The zero-order chi connectivity index (χ0) is 19.5. The van der Waals surface area contributed by atoms with Crippen LogP contribution in [-0.4, -0.2) is 63.1 Å². The lowest BCUT2D eigenvalue weighted by molar-refractivity contribution is -0.140. The van der Waals surface area contributed by atoms with Gasteiger partial charge in [0, 0.05) is 19.6 Å². The van der Waals surface area contributed by atoms with E-state index in [2.05, 4.69) is 74.5 Å². The Morgan fingerprint density at radius 1 is 1.25 bits per heavy atom. The average molecular weight is 384 g/mol. The molecular weight excluding hydrogens is 356 g/mol. The summed E-state index contributed by atoms with van der Waals surface area (Å²) >= 11 is 0. The molecule has 0 spiro atoms. The Bertz CT molecular complexity index is 776. The zero-order valence-corrected chi connectivity index (χ0v) is 16.5. The molecule has 0 radical (unpaired) electrons. The monoisotopic (exact) mass is 384 g/mol. The minimum Gasteiger partial charge on any atom is -0.335 e. The standard InChI is InChI=1S/C19H28N8O/c1-25(2)12-14-6-8-15(9-7-14)17-5-3-4-10-26(17)19(28)16-11-20-22-18(16)27-13-21-23-24-27/h6-9,13,16-18,20,22H,3-5,10-12H2,1-2H3. The van der Waals surface area contributed by atoms with Gasteiger partial charge in [-0.05, 0) is 54.9 Å². The summed E-state index contributed by atoms with van der Waals surface area (Å²) in [5, 5.41) is 11.4. The van der Waals surface area contributed by atoms with E-state index < -0.39 is 0 Å². The Kier molecular flexibility index (Phi) is 5.65. The van der Waals surface area contributed by atoms with E-state index in [0.29, 0.717) is 6.54 Å². The van der Waals surface area contributed by atoms with E-state index in [1.807, 2.05) is 0 Å². The van der Waals surface area contributed by atoms with Crippen LogP contribution in [0.4, 0.5) is 0 Å². The molecular formula is C19H28N8O. The number of piperidine rings is 1. The fourth-order valence-electron chi connectivity index (χ4n) is 4.22. The molecule has 2 aromatic rings. The Morgan fingerprint density at radius 2 is 2.07 bits per heavy atom. The molecule has 3 atom stereocenters. The summed E-state index contributed by atoms with van der Waals surface area (Å²) < 4.78 is 1.61. The zero-order valence-electron chi connectivity index (χ0n) is 16.5. The second kappa shape index (κ2) is 8.34. The molecule has 0 saturated carbocycles. The molecule has 2 saturated heterocycles. The van der Waals surface area contributed by atoms with Crippen LogP contribution in [0.5, 0.6) is 0 Å². The van der Waals surface area contributed by atoms with E-state index in [4.69, 9.17) is 0 Å². The van der Waals surface area contributed by atoms with E-state index in [-0.39, 0.29) is 24.0 Å². The highest BCUT2D eigenvalue weighted by molar-refractivity contribution is 5.80. The minimum atomic E-state index is -0.271. The number of aromatic nitrogens is 4. The number of carbonyl (C=O) groups is 1. The second-order valence-electron chi connectivity index (χ2n) is 7.89. The van der Waals surface area contributed by atoms with Crippen molar-refractivity contribution >= 4 is 5.91 Å². The van der Waals surface area contributed by atoms with Crippen LogP contribution in [0.15, 0.2) is 30.6 Å². The van der Waals surface area contributed by atoms with Crippen LogP contribution in [0, 0.1) is 5.92 Å². The molecule has 0 aliphatic carbocycles. The van der Waals surface area contributed by atoms with Crippen LogP contribution in [0.25, 0.3) is 0 Å². The van der Waals surface area contributed by atoms with Crippen LogP contribution in [0.3, 0.4) is 0 Å². The lowest BCUT2D eigenvalue weighted by Gasteiger charge is -2.38. The number of nitrogens with zero attached hydrogens (tertiary/aromatic N) is 6. The highest BCUT2D eigenvalue weighted by Gasteiger charge is 2.40. The third kappa shape index (κ3) is 3.91. The molecule has 150 valence electrons. The molecule has 2 fully saturated rings. The van der Waals surface area contributed by atoms with Gasteiger partial charge in [0.1, 0.15) is 12.5 Å². The van der Waals surface area contributed by atoms with Crippen LogP contribution in [0.2, 0.25) is 0 Å². The first-order valence-corrected chi connectivity index (χ1v) is 9.88. The Hall–Kier alpha value is -2.36. The number of hydrogen-bond acceptors (Lipinski definition) is 7. The SMILES string of the molecule is CN(C)Cc1ccc(C2CCCCN2C(=O)C2CNNC2n2cnnn2)cc1. The fourth-order valence-corrected chi connectivity index (χ4v) is 4.22. The lowest BCUT2D eigenvalue weighted by atomic mass is 9.92. The van der Waals surface area contributed by atoms with Gasteiger partial charge >= 0.3 is 0 Å². The minimum absolute atomic E-state index is 0.129. The van der Waals surface area contributed by atoms with Crippen LogP contribution in [-0.2, 0) is 11.3 Å². The molecule has 2 aliphatic rings. The fraction of sp³-hybridized carbons (Fsp3) is 0.579. The number of hydrogen-bond donors (Lipinski definition) is 2. The number of likely N-dealkylation sites (tertiary alicyclic amines) is 1. The summed E-state index contributed by atoms with van der Waals surface area (Å²) in [4.78, 5) is 17.7. The predicted octanol–water partition coefficient (Wildman–Crippen LogP) is 0.711. The second-order valence-corrected chi connectivity index (χ2v) is 7.89. The predicted molar refractivity (Wildman–Crippen MR) is 104 cm³/mol. The summed E-state index contributed by atoms with van der Waals surface area (Å²) in [5.41, 5.74) is 8.72. The van der Waals surface area contributed by atoms with E-state index >= 15 is 0 Å². The van der Waals surface area contributed by atoms with Crippen molar-refractivity contribution in [3.05, 3.63) is 41.7 Å². The average Bonchev–Trinajstić information content (AvgIpc) is 3.39. The van der Waals surface area contributed by atoms with E-state index in [9.17, 15) is 4.79 Å². The van der Waals surface area contributed by atoms with Crippen molar-refractivity contribution in [2.24, 2.45) is 5.92 Å². The van der Waals surface area contributed by atoms with Gasteiger partial charge in [0.05, 0.1) is 12.0 Å². The molecule has 1 aromatic heterocycles. The molecule has 9 heteroatoms. The smallest absolute Gasteiger partial charge is 0.231 e. The van der Waals surface area contributed by atoms with Crippen molar-refractivity contribution in [1.82, 2.24) is 40.9 Å². The summed E-state index contributed by atoms with van der Waals surface area (Å²) in [6, 6.07) is 8.84. The van der Waals surface area contributed by atoms with Crippen molar-refractivity contribution in [2.75, 3.05) is 27.2 Å². The molecule has 3 heterocycles. The first-order chi connectivity index (χ1) is 13.6. The van der Waals surface area contributed by atoms with Crippen LogP contribution in [0.1, 0.15) is 42.6 Å². The number of hydrazine groups is 1. The molecule has 28 heavy (non-hydrogen) atoms. The Balaban J connectivity index is 1.52. The molecule has 1 aromatic carbocycles. The van der Waals surface area contributed by atoms with Crippen LogP contribution >= 0.6 is 0 Å². The maximum Gasteiger partial charge on any atom is 0.231 e. The van der Waals surface area contributed by atoms with E-state index in [1.165, 1.54) is 11.1 Å². The number of carbonyl (C=O) groups excluding carboxylic acids is 1. The summed E-state index contributed by atoms with van der Waals surface area (Å²) in [7, 11) is 4.14. The Morgan fingerprint density at radius 3 is 2.79 bits per heavy atom. The van der Waals surface area contributed by atoms with Gasteiger partial charge < -0.3 is 9.80 Å². The van der Waals surface area contributed by atoms with Crippen molar-refractivity contribution in [3.8, 4) is 0 Å². The molecule has 3 unspecified atom stereocenters. The third-order valence-electron chi connectivity index (χ3n) is 5.57. The van der Waals surface area contributed by atoms with Gasteiger partial charge in [-0.25, -0.2) is 10.1 Å². The normalized spacial score (nSPS) is 25.4. The molecule has 0 bridgehead atoms. The number of rotatable bonds is 5.